The molecular formula is C17H18O4. The number of phenolic OH excluding ortho intramolecular Hbond substituents is 1. The summed E-state index contributed by atoms with van der Waals surface area (Å²) in [5.74, 6) is -0.540. The Morgan fingerprint density at radius 1 is 1.10 bits per heavy atom. The number of aromatic hydroxyl groups is 1. The first-order chi connectivity index (χ1) is 10.1. The van der Waals surface area contributed by atoms with E-state index in [1.54, 1.807) is 37.4 Å². The average Bonchev–Trinajstić information content (AvgIpc) is 2.49. The number of benzene rings is 2. The van der Waals surface area contributed by atoms with E-state index in [0.717, 1.165) is 5.56 Å². The van der Waals surface area contributed by atoms with Gasteiger partial charge in [0.1, 0.15) is 17.4 Å². The van der Waals surface area contributed by atoms with E-state index in [1.807, 2.05) is 19.1 Å². The zero-order valence-corrected chi connectivity index (χ0v) is 12.3. The van der Waals surface area contributed by atoms with Crippen LogP contribution in [0.15, 0.2) is 42.5 Å². The summed E-state index contributed by atoms with van der Waals surface area (Å²) in [5, 5.41) is 10.1. The molecule has 0 radical (unpaired) electrons. The van der Waals surface area contributed by atoms with Gasteiger partial charge in [-0.2, -0.15) is 0 Å². The molecule has 0 unspecified atom stereocenters. The summed E-state index contributed by atoms with van der Waals surface area (Å²) in [4.78, 5) is 12.3. The van der Waals surface area contributed by atoms with Crippen molar-refractivity contribution in [2.24, 2.45) is 0 Å². The van der Waals surface area contributed by atoms with Gasteiger partial charge in [0.25, 0.3) is 0 Å². The summed E-state index contributed by atoms with van der Waals surface area (Å²) in [5.41, 5.74) is 2.16. The minimum absolute atomic E-state index is 0.0523. The van der Waals surface area contributed by atoms with Gasteiger partial charge >= 0.3 is 5.97 Å². The largest absolute Gasteiger partial charge is 0.508 e. The number of carbonyl (C=O) groups is 1. The molecule has 110 valence electrons. The topological polar surface area (TPSA) is 55.8 Å². The molecule has 0 aliphatic carbocycles. The first-order valence-corrected chi connectivity index (χ1v) is 6.58. The number of rotatable bonds is 4. The lowest BCUT2D eigenvalue weighted by atomic mass is 9.89. The molecule has 21 heavy (non-hydrogen) atoms. The van der Waals surface area contributed by atoms with E-state index in [1.165, 1.54) is 7.11 Å². The van der Waals surface area contributed by atoms with Crippen LogP contribution in [0.25, 0.3) is 0 Å². The molecule has 1 atom stereocenters. The quantitative estimate of drug-likeness (QED) is 0.878. The van der Waals surface area contributed by atoms with Crippen molar-refractivity contribution in [2.75, 3.05) is 14.2 Å². The minimum atomic E-state index is -0.731. The third-order valence-electron chi connectivity index (χ3n) is 3.38. The van der Waals surface area contributed by atoms with Crippen molar-refractivity contribution < 1.29 is 19.4 Å². The summed E-state index contributed by atoms with van der Waals surface area (Å²) in [7, 11) is 2.88. The van der Waals surface area contributed by atoms with Crippen LogP contribution in [0, 0.1) is 6.92 Å². The van der Waals surface area contributed by atoms with E-state index in [2.05, 4.69) is 0 Å². The molecule has 0 saturated carbocycles. The molecule has 0 aromatic heterocycles. The third-order valence-corrected chi connectivity index (χ3v) is 3.38. The maximum atomic E-state index is 12.3. The van der Waals surface area contributed by atoms with Crippen molar-refractivity contribution in [2.45, 2.75) is 12.8 Å². The summed E-state index contributed by atoms with van der Waals surface area (Å²) < 4.78 is 10.3. The Balaban J connectivity index is 2.65. The van der Waals surface area contributed by atoms with Crippen LogP contribution in [0.5, 0.6) is 11.5 Å². The lowest BCUT2D eigenvalue weighted by Gasteiger charge is -2.19. The van der Waals surface area contributed by atoms with E-state index in [-0.39, 0.29) is 5.75 Å². The summed E-state index contributed by atoms with van der Waals surface area (Å²) in [6, 6.07) is 12.3. The van der Waals surface area contributed by atoms with E-state index in [0.29, 0.717) is 16.9 Å². The lowest BCUT2D eigenvalue weighted by Crippen LogP contribution is -2.17. The third kappa shape index (κ3) is 2.99. The SMILES string of the molecule is COC(=O)[C@@H](c1ccccc1O)c1cc(C)ccc1OC. The standard InChI is InChI=1S/C17H18O4/c1-11-8-9-15(20-2)13(10-11)16(17(19)21-3)12-6-4-5-7-14(12)18/h4-10,16,18H,1-3H3/t16-/m0/s1. The number of ether oxygens (including phenoxy) is 2. The molecule has 0 fully saturated rings. The van der Waals surface area contributed by atoms with Crippen LogP contribution in [0.1, 0.15) is 22.6 Å². The van der Waals surface area contributed by atoms with E-state index >= 15 is 0 Å². The number of para-hydroxylation sites is 1. The van der Waals surface area contributed by atoms with Crippen LogP contribution < -0.4 is 4.74 Å². The fourth-order valence-corrected chi connectivity index (χ4v) is 2.35. The lowest BCUT2D eigenvalue weighted by molar-refractivity contribution is -0.141. The van der Waals surface area contributed by atoms with Crippen molar-refractivity contribution in [3.05, 3.63) is 59.2 Å². The van der Waals surface area contributed by atoms with Crippen LogP contribution in [0.3, 0.4) is 0 Å². The highest BCUT2D eigenvalue weighted by molar-refractivity contribution is 5.84. The Morgan fingerprint density at radius 2 is 1.81 bits per heavy atom. The maximum absolute atomic E-state index is 12.3. The average molecular weight is 286 g/mol. The van der Waals surface area contributed by atoms with Gasteiger partial charge in [-0.05, 0) is 19.1 Å². The van der Waals surface area contributed by atoms with E-state index in [9.17, 15) is 9.90 Å². The van der Waals surface area contributed by atoms with Gasteiger partial charge in [0.2, 0.25) is 0 Å². The molecule has 2 rings (SSSR count). The molecule has 2 aromatic rings. The summed E-state index contributed by atoms with van der Waals surface area (Å²) >= 11 is 0. The molecule has 4 nitrogen and oxygen atoms in total. The summed E-state index contributed by atoms with van der Waals surface area (Å²) in [6.07, 6.45) is 0. The number of carbonyl (C=O) groups excluding carboxylic acids is 1. The van der Waals surface area contributed by atoms with Crippen molar-refractivity contribution in [3.8, 4) is 11.5 Å². The van der Waals surface area contributed by atoms with Crippen LogP contribution >= 0.6 is 0 Å². The van der Waals surface area contributed by atoms with Gasteiger partial charge in [-0.15, -0.1) is 0 Å². The second-order valence-corrected chi connectivity index (χ2v) is 4.76. The number of aryl methyl sites for hydroxylation is 1. The van der Waals surface area contributed by atoms with Gasteiger partial charge in [-0.25, -0.2) is 0 Å². The highest BCUT2D eigenvalue weighted by Crippen LogP contribution is 2.37. The van der Waals surface area contributed by atoms with Gasteiger partial charge in [-0.1, -0.05) is 35.9 Å². The normalized spacial score (nSPS) is 11.8. The molecule has 0 aliphatic heterocycles. The van der Waals surface area contributed by atoms with E-state index in [4.69, 9.17) is 9.47 Å². The highest BCUT2D eigenvalue weighted by Gasteiger charge is 2.29. The number of esters is 1. The molecule has 0 saturated heterocycles. The molecule has 0 amide bonds. The van der Waals surface area contributed by atoms with Gasteiger partial charge in [0.05, 0.1) is 14.2 Å². The molecular weight excluding hydrogens is 268 g/mol. The predicted molar refractivity (Wildman–Crippen MR) is 79.7 cm³/mol. The number of hydrogen-bond acceptors (Lipinski definition) is 4. The van der Waals surface area contributed by atoms with Crippen LogP contribution in [0.2, 0.25) is 0 Å². The Labute approximate surface area is 123 Å². The van der Waals surface area contributed by atoms with Gasteiger partial charge in [0.15, 0.2) is 0 Å². The molecule has 0 heterocycles. The molecule has 4 heteroatoms. The van der Waals surface area contributed by atoms with Gasteiger partial charge in [-0.3, -0.25) is 4.79 Å². The van der Waals surface area contributed by atoms with Crippen molar-refractivity contribution in [1.29, 1.82) is 0 Å². The zero-order valence-electron chi connectivity index (χ0n) is 12.3. The maximum Gasteiger partial charge on any atom is 0.317 e. The molecule has 1 N–H and O–H groups in total. The van der Waals surface area contributed by atoms with Crippen molar-refractivity contribution in [1.82, 2.24) is 0 Å². The second-order valence-electron chi connectivity index (χ2n) is 4.76. The Morgan fingerprint density at radius 3 is 2.43 bits per heavy atom. The van der Waals surface area contributed by atoms with Gasteiger partial charge < -0.3 is 14.6 Å². The number of hydrogen-bond donors (Lipinski definition) is 1. The summed E-state index contributed by atoms with van der Waals surface area (Å²) in [6.45, 7) is 1.93. The molecule has 0 spiro atoms. The van der Waals surface area contributed by atoms with Crippen LogP contribution in [-0.2, 0) is 9.53 Å². The fourth-order valence-electron chi connectivity index (χ4n) is 2.35. The first kappa shape index (κ1) is 14.9. The smallest absolute Gasteiger partial charge is 0.317 e. The number of phenols is 1. The van der Waals surface area contributed by atoms with Crippen molar-refractivity contribution in [3.63, 3.8) is 0 Å². The minimum Gasteiger partial charge on any atom is -0.508 e. The second kappa shape index (κ2) is 6.31. The zero-order chi connectivity index (χ0) is 15.4. The molecule has 2 aromatic carbocycles. The monoisotopic (exact) mass is 286 g/mol. The molecule has 0 aliphatic rings. The Bertz CT molecular complexity index is 649. The van der Waals surface area contributed by atoms with Gasteiger partial charge in [0, 0.05) is 11.1 Å². The predicted octanol–water partition coefficient (Wildman–Crippen LogP) is 3.01. The Kier molecular flexibility index (Phi) is 4.48. The first-order valence-electron chi connectivity index (χ1n) is 6.58. The molecule has 0 bridgehead atoms. The highest BCUT2D eigenvalue weighted by atomic mass is 16.5. The fraction of sp³-hybridized carbons (Fsp3) is 0.235. The van der Waals surface area contributed by atoms with Crippen molar-refractivity contribution >= 4 is 5.97 Å². The van der Waals surface area contributed by atoms with Crippen LogP contribution in [-0.4, -0.2) is 25.3 Å². The Hall–Kier alpha value is -2.49. The van der Waals surface area contributed by atoms with E-state index < -0.39 is 11.9 Å². The number of methoxy groups -OCH3 is 2. The van der Waals surface area contributed by atoms with Crippen LogP contribution in [0.4, 0.5) is 0 Å².